The Balaban J connectivity index is 0.00000379. The van der Waals surface area contributed by atoms with Crippen LogP contribution >= 0.6 is 0 Å². The van der Waals surface area contributed by atoms with Gasteiger partial charge in [0.05, 0.1) is 0 Å². The Hall–Kier alpha value is -2.00. The zero-order valence-corrected chi connectivity index (χ0v) is 18.2. The lowest BCUT2D eigenvalue weighted by Crippen LogP contribution is -2.54. The summed E-state index contributed by atoms with van der Waals surface area (Å²) < 4.78 is 26.9. The van der Waals surface area contributed by atoms with Crippen LogP contribution in [0.3, 0.4) is 0 Å². The third-order valence-corrected chi connectivity index (χ3v) is 3.78. The van der Waals surface area contributed by atoms with Gasteiger partial charge in [-0.3, -0.25) is 14.4 Å². The molecule has 1 heterocycles. The van der Waals surface area contributed by atoms with Crippen molar-refractivity contribution in [1.29, 1.82) is 0 Å². The van der Waals surface area contributed by atoms with Gasteiger partial charge in [-0.25, -0.2) is 0 Å². The van der Waals surface area contributed by atoms with Crippen LogP contribution in [0, 0.1) is 0 Å². The molecule has 29 heavy (non-hydrogen) atoms. The van der Waals surface area contributed by atoms with Gasteiger partial charge in [0, 0.05) is 40.2 Å². The number of esters is 3. The minimum atomic E-state index is -0.914. The SMILES string of the molecule is CC.CC(=O)CCCCOC1CC(OC(C)=O)C(OC(C)=O)C(COC(C)=O)O1. The van der Waals surface area contributed by atoms with Gasteiger partial charge in [0.1, 0.15) is 24.6 Å². The average molecular weight is 418 g/mol. The molecule has 0 N–H and O–H groups in total. The number of ketones is 1. The van der Waals surface area contributed by atoms with Crippen molar-refractivity contribution < 1.29 is 42.9 Å². The Bertz CT molecular complexity index is 532. The molecule has 1 saturated heterocycles. The fourth-order valence-electron chi connectivity index (χ4n) is 2.69. The van der Waals surface area contributed by atoms with Gasteiger partial charge in [-0.1, -0.05) is 13.8 Å². The quantitative estimate of drug-likeness (QED) is 0.299. The second kappa shape index (κ2) is 14.9. The third-order valence-electron chi connectivity index (χ3n) is 3.78. The molecule has 0 spiro atoms. The molecule has 0 aromatic rings. The highest BCUT2D eigenvalue weighted by atomic mass is 16.7. The molecule has 1 aliphatic heterocycles. The molecule has 9 nitrogen and oxygen atoms in total. The van der Waals surface area contributed by atoms with Gasteiger partial charge in [-0.2, -0.15) is 0 Å². The molecule has 0 saturated carbocycles. The van der Waals surface area contributed by atoms with Crippen molar-refractivity contribution in [3.8, 4) is 0 Å². The summed E-state index contributed by atoms with van der Waals surface area (Å²) in [4.78, 5) is 44.9. The molecular formula is C20H34O9. The van der Waals surface area contributed by atoms with E-state index in [1.54, 1.807) is 0 Å². The summed E-state index contributed by atoms with van der Waals surface area (Å²) in [5, 5.41) is 0. The van der Waals surface area contributed by atoms with Crippen LogP contribution in [0.4, 0.5) is 0 Å². The van der Waals surface area contributed by atoms with E-state index in [2.05, 4.69) is 0 Å². The Kier molecular flexibility index (Phi) is 13.9. The molecular weight excluding hydrogens is 384 g/mol. The minimum absolute atomic E-state index is 0.115. The summed E-state index contributed by atoms with van der Waals surface area (Å²) in [6.45, 7) is 9.43. The van der Waals surface area contributed by atoms with Crippen LogP contribution in [-0.4, -0.2) is 61.5 Å². The molecule has 168 valence electrons. The highest BCUT2D eigenvalue weighted by Gasteiger charge is 2.44. The second-order valence-electron chi connectivity index (χ2n) is 6.39. The second-order valence-corrected chi connectivity index (χ2v) is 6.39. The highest BCUT2D eigenvalue weighted by Crippen LogP contribution is 2.27. The Morgan fingerprint density at radius 1 is 0.897 bits per heavy atom. The maximum Gasteiger partial charge on any atom is 0.303 e. The van der Waals surface area contributed by atoms with Crippen molar-refractivity contribution in [2.24, 2.45) is 0 Å². The van der Waals surface area contributed by atoms with E-state index in [0.29, 0.717) is 25.9 Å². The van der Waals surface area contributed by atoms with Gasteiger partial charge in [-0.05, 0) is 19.8 Å². The smallest absolute Gasteiger partial charge is 0.303 e. The predicted octanol–water partition coefficient (Wildman–Crippen LogP) is 2.33. The van der Waals surface area contributed by atoms with Crippen molar-refractivity contribution in [2.75, 3.05) is 13.2 Å². The van der Waals surface area contributed by atoms with Crippen molar-refractivity contribution in [2.45, 2.75) is 91.8 Å². The fraction of sp³-hybridized carbons (Fsp3) is 0.800. The zero-order chi connectivity index (χ0) is 22.4. The van der Waals surface area contributed by atoms with E-state index in [0.717, 1.165) is 0 Å². The molecule has 0 radical (unpaired) electrons. The van der Waals surface area contributed by atoms with Crippen LogP contribution < -0.4 is 0 Å². The Morgan fingerprint density at radius 3 is 2.03 bits per heavy atom. The molecule has 9 heteroatoms. The first kappa shape index (κ1) is 27.0. The molecule has 4 unspecified atom stereocenters. The van der Waals surface area contributed by atoms with Crippen LogP contribution in [0.1, 0.15) is 67.2 Å². The lowest BCUT2D eigenvalue weighted by molar-refractivity contribution is -0.266. The molecule has 1 rings (SSSR count). The predicted molar refractivity (Wildman–Crippen MR) is 103 cm³/mol. The van der Waals surface area contributed by atoms with E-state index in [4.69, 9.17) is 23.7 Å². The van der Waals surface area contributed by atoms with E-state index in [-0.39, 0.29) is 18.8 Å². The van der Waals surface area contributed by atoms with Crippen molar-refractivity contribution >= 4 is 23.7 Å². The van der Waals surface area contributed by atoms with Gasteiger partial charge in [0.15, 0.2) is 12.4 Å². The molecule has 0 aromatic carbocycles. The van der Waals surface area contributed by atoms with E-state index < -0.39 is 42.5 Å². The number of Topliss-reactive ketones (excluding diaryl/α,β-unsaturated/α-hetero) is 1. The zero-order valence-electron chi connectivity index (χ0n) is 18.2. The number of ether oxygens (including phenoxy) is 5. The number of carbonyl (C=O) groups is 4. The summed E-state index contributed by atoms with van der Waals surface area (Å²) in [7, 11) is 0. The van der Waals surface area contributed by atoms with Crippen molar-refractivity contribution in [3.63, 3.8) is 0 Å². The number of unbranched alkanes of at least 4 members (excludes halogenated alkanes) is 1. The van der Waals surface area contributed by atoms with E-state index >= 15 is 0 Å². The molecule has 1 aliphatic rings. The monoisotopic (exact) mass is 418 g/mol. The van der Waals surface area contributed by atoms with Crippen molar-refractivity contribution in [3.05, 3.63) is 0 Å². The highest BCUT2D eigenvalue weighted by molar-refractivity contribution is 5.75. The van der Waals surface area contributed by atoms with E-state index in [1.807, 2.05) is 13.8 Å². The van der Waals surface area contributed by atoms with Crippen LogP contribution in [0.2, 0.25) is 0 Å². The molecule has 0 amide bonds. The van der Waals surface area contributed by atoms with E-state index in [9.17, 15) is 19.2 Å². The third kappa shape index (κ3) is 12.2. The maximum atomic E-state index is 11.4. The Morgan fingerprint density at radius 2 is 1.52 bits per heavy atom. The molecule has 0 aliphatic carbocycles. The minimum Gasteiger partial charge on any atom is -0.463 e. The average Bonchev–Trinajstić information content (AvgIpc) is 2.62. The number of carbonyl (C=O) groups excluding carboxylic acids is 4. The first-order valence-electron chi connectivity index (χ1n) is 9.93. The van der Waals surface area contributed by atoms with Crippen molar-refractivity contribution in [1.82, 2.24) is 0 Å². The number of rotatable bonds is 10. The topological polar surface area (TPSA) is 114 Å². The normalized spacial score (nSPS) is 23.2. The summed E-state index contributed by atoms with van der Waals surface area (Å²) in [6, 6.07) is 0. The summed E-state index contributed by atoms with van der Waals surface area (Å²) >= 11 is 0. The molecule has 0 bridgehead atoms. The van der Waals surface area contributed by atoms with Gasteiger partial charge in [0.2, 0.25) is 0 Å². The number of hydrogen-bond donors (Lipinski definition) is 0. The summed E-state index contributed by atoms with van der Waals surface area (Å²) in [5.41, 5.74) is 0. The summed E-state index contributed by atoms with van der Waals surface area (Å²) in [5.74, 6) is -1.51. The standard InChI is InChI=1S/C18H28O9.C2H6/c1-11(19)7-5-6-8-23-17-9-15(25-13(3)21)18(26-14(4)22)16(27-17)10-24-12(2)20;1-2/h15-18H,5-10H2,1-4H3;1-2H3. The molecule has 0 aromatic heterocycles. The van der Waals surface area contributed by atoms with E-state index in [1.165, 1.54) is 27.7 Å². The number of hydrogen-bond acceptors (Lipinski definition) is 9. The van der Waals surface area contributed by atoms with Crippen LogP contribution in [0.25, 0.3) is 0 Å². The summed E-state index contributed by atoms with van der Waals surface area (Å²) in [6.07, 6.45) is -1.25. The van der Waals surface area contributed by atoms with Crippen LogP contribution in [-0.2, 0) is 42.9 Å². The molecule has 4 atom stereocenters. The van der Waals surface area contributed by atoms with Gasteiger partial charge in [-0.15, -0.1) is 0 Å². The largest absolute Gasteiger partial charge is 0.463 e. The maximum absolute atomic E-state index is 11.4. The Labute approximate surface area is 172 Å². The first-order valence-corrected chi connectivity index (χ1v) is 9.93. The van der Waals surface area contributed by atoms with Crippen LogP contribution in [0.15, 0.2) is 0 Å². The lowest BCUT2D eigenvalue weighted by Gasteiger charge is -2.39. The lowest BCUT2D eigenvalue weighted by atomic mass is 10.0. The molecule has 1 fully saturated rings. The first-order chi connectivity index (χ1) is 13.7. The van der Waals surface area contributed by atoms with Gasteiger partial charge in [0.25, 0.3) is 0 Å². The van der Waals surface area contributed by atoms with Gasteiger partial charge < -0.3 is 28.5 Å². The van der Waals surface area contributed by atoms with Gasteiger partial charge >= 0.3 is 17.9 Å². The van der Waals surface area contributed by atoms with Crippen LogP contribution in [0.5, 0.6) is 0 Å². The fourth-order valence-corrected chi connectivity index (χ4v) is 2.69.